The summed E-state index contributed by atoms with van der Waals surface area (Å²) in [5, 5.41) is 8.89. The van der Waals surface area contributed by atoms with Gasteiger partial charge in [-0.25, -0.2) is 4.79 Å². The number of nitrogens with two attached hydrogens (primary N) is 2. The number of carboxylic acid groups (broad SMARTS) is 1. The summed E-state index contributed by atoms with van der Waals surface area (Å²) in [5.74, 6) is -1.08. The molecule has 0 unspecified atom stereocenters. The van der Waals surface area contributed by atoms with E-state index >= 15 is 0 Å². The quantitative estimate of drug-likeness (QED) is 0.330. The van der Waals surface area contributed by atoms with E-state index in [4.69, 9.17) is 14.7 Å². The number of carbonyl (C=O) groups is 2. The van der Waals surface area contributed by atoms with E-state index in [-0.39, 0.29) is 29.6 Å². The van der Waals surface area contributed by atoms with Gasteiger partial charge in [-0.15, -0.1) is 0 Å². The summed E-state index contributed by atoms with van der Waals surface area (Å²) < 4.78 is 0. The molecule has 0 atom stereocenters. The monoisotopic (exact) mass is 142 g/mol. The molecule has 0 radical (unpaired) electrons. The molecular formula is C3H7N2NaO3. The van der Waals surface area contributed by atoms with Crippen LogP contribution in [0.1, 0.15) is 6.92 Å². The molecule has 0 rings (SSSR count). The van der Waals surface area contributed by atoms with E-state index < -0.39 is 12.0 Å². The average molecular weight is 142 g/mol. The third-order valence-corrected chi connectivity index (χ3v) is 0. The van der Waals surface area contributed by atoms with Crippen LogP contribution in [0.2, 0.25) is 0 Å². The summed E-state index contributed by atoms with van der Waals surface area (Å²) in [6.45, 7) is 0.972. The largest absolute Gasteiger partial charge is 1.00 e. The van der Waals surface area contributed by atoms with Crippen LogP contribution < -0.4 is 46.1 Å². The molecular weight excluding hydrogens is 135 g/mol. The van der Waals surface area contributed by atoms with Gasteiger partial charge in [0.15, 0.2) is 0 Å². The van der Waals surface area contributed by atoms with Gasteiger partial charge in [0.05, 0.1) is 0 Å². The molecule has 0 aromatic rings. The zero-order valence-electron chi connectivity index (χ0n) is 5.38. The molecule has 5 nitrogen and oxygen atoms in total. The van der Waals surface area contributed by atoms with E-state index in [0.717, 1.165) is 6.92 Å². The van der Waals surface area contributed by atoms with Gasteiger partial charge in [0, 0.05) is 5.97 Å². The first kappa shape index (κ1) is 15.9. The molecule has 6 heteroatoms. The summed E-state index contributed by atoms with van der Waals surface area (Å²) in [6.07, 6.45) is 0. The summed E-state index contributed by atoms with van der Waals surface area (Å²) in [7, 11) is 0. The van der Waals surface area contributed by atoms with Gasteiger partial charge in [-0.3, -0.25) is 0 Å². The Labute approximate surface area is 74.7 Å². The van der Waals surface area contributed by atoms with Gasteiger partial charge >= 0.3 is 35.6 Å². The number of amides is 2. The number of rotatable bonds is 0. The van der Waals surface area contributed by atoms with Gasteiger partial charge in [0.2, 0.25) is 0 Å². The summed E-state index contributed by atoms with van der Waals surface area (Å²) in [4.78, 5) is 17.9. The van der Waals surface area contributed by atoms with Gasteiger partial charge < -0.3 is 21.4 Å². The van der Waals surface area contributed by atoms with Crippen molar-refractivity contribution in [3.05, 3.63) is 0 Å². The van der Waals surface area contributed by atoms with E-state index in [1.54, 1.807) is 0 Å². The van der Waals surface area contributed by atoms with Crippen molar-refractivity contribution in [1.82, 2.24) is 0 Å². The van der Waals surface area contributed by atoms with Crippen molar-refractivity contribution in [2.45, 2.75) is 6.92 Å². The van der Waals surface area contributed by atoms with Crippen LogP contribution in [-0.2, 0) is 4.79 Å². The second kappa shape index (κ2) is 10.7. The number of hydrogen-bond donors (Lipinski definition) is 2. The molecule has 0 aromatic heterocycles. The van der Waals surface area contributed by atoms with Crippen LogP contribution in [-0.4, -0.2) is 12.0 Å². The maximum Gasteiger partial charge on any atom is 1.00 e. The molecule has 0 aliphatic rings. The molecule has 0 aliphatic carbocycles. The Bertz CT molecular complexity index is 75.1. The zero-order chi connectivity index (χ0) is 7.15. The molecule has 0 bridgehead atoms. The van der Waals surface area contributed by atoms with E-state index in [1.807, 2.05) is 0 Å². The Morgan fingerprint density at radius 2 is 1.33 bits per heavy atom. The Kier molecular flexibility index (Phi) is 18.8. The minimum absolute atomic E-state index is 0. The third-order valence-electron chi connectivity index (χ3n) is 0. The van der Waals surface area contributed by atoms with Crippen LogP contribution in [0.3, 0.4) is 0 Å². The topological polar surface area (TPSA) is 109 Å². The standard InChI is InChI=1S/C2H4O2.CH4N2O.Na/c1-2(3)4;2-1(3)4;/h1H3,(H,3,4);(H4,2,3,4);/q;;+1/p-1. The van der Waals surface area contributed by atoms with Gasteiger partial charge in [0.1, 0.15) is 0 Å². The number of primary amides is 2. The van der Waals surface area contributed by atoms with Gasteiger partial charge in [0.25, 0.3) is 0 Å². The van der Waals surface area contributed by atoms with Crippen molar-refractivity contribution in [2.75, 3.05) is 0 Å². The molecule has 0 fully saturated rings. The number of hydrogen-bond acceptors (Lipinski definition) is 3. The van der Waals surface area contributed by atoms with E-state index in [9.17, 15) is 0 Å². The van der Waals surface area contributed by atoms with E-state index in [2.05, 4.69) is 11.5 Å². The average Bonchev–Trinajstić information content (AvgIpc) is 1.25. The molecule has 0 heterocycles. The van der Waals surface area contributed by atoms with Crippen LogP contribution >= 0.6 is 0 Å². The summed E-state index contributed by atoms with van der Waals surface area (Å²) >= 11 is 0. The van der Waals surface area contributed by atoms with Crippen molar-refractivity contribution in [3.63, 3.8) is 0 Å². The maximum atomic E-state index is 9.00. The predicted molar refractivity (Wildman–Crippen MR) is 24.5 cm³/mol. The second-order valence-electron chi connectivity index (χ2n) is 0.894. The Hall–Kier alpha value is -0.260. The Balaban J connectivity index is -0.0000000720. The Morgan fingerprint density at radius 3 is 1.33 bits per heavy atom. The SMILES string of the molecule is CC(=O)[O-].NC(N)=O.[Na+]. The normalized spacial score (nSPS) is 5.44. The molecule has 0 spiro atoms. The molecule has 0 saturated heterocycles. The first-order chi connectivity index (χ1) is 3.46. The van der Waals surface area contributed by atoms with Gasteiger partial charge in [-0.1, -0.05) is 0 Å². The summed E-state index contributed by atoms with van der Waals surface area (Å²) in [6, 6.07) is -0.833. The van der Waals surface area contributed by atoms with Gasteiger partial charge in [-0.2, -0.15) is 0 Å². The number of urea groups is 1. The first-order valence-electron chi connectivity index (χ1n) is 1.69. The number of carbonyl (C=O) groups excluding carboxylic acids is 2. The van der Waals surface area contributed by atoms with Crippen LogP contribution in [0.25, 0.3) is 0 Å². The fourth-order valence-corrected chi connectivity index (χ4v) is 0. The van der Waals surface area contributed by atoms with Crippen LogP contribution in [0.15, 0.2) is 0 Å². The van der Waals surface area contributed by atoms with Gasteiger partial charge in [-0.05, 0) is 6.92 Å². The van der Waals surface area contributed by atoms with Crippen molar-refractivity contribution in [2.24, 2.45) is 11.5 Å². The second-order valence-corrected chi connectivity index (χ2v) is 0.894. The summed E-state index contributed by atoms with van der Waals surface area (Å²) in [5.41, 5.74) is 8.50. The maximum absolute atomic E-state index is 9.00. The number of carboxylic acids is 1. The van der Waals surface area contributed by atoms with Crippen molar-refractivity contribution in [3.8, 4) is 0 Å². The van der Waals surface area contributed by atoms with Crippen molar-refractivity contribution >= 4 is 12.0 Å². The fourth-order valence-electron chi connectivity index (χ4n) is 0. The molecule has 9 heavy (non-hydrogen) atoms. The van der Waals surface area contributed by atoms with Crippen LogP contribution in [0, 0.1) is 0 Å². The van der Waals surface area contributed by atoms with E-state index in [0.29, 0.717) is 0 Å². The molecule has 0 aromatic carbocycles. The first-order valence-corrected chi connectivity index (χ1v) is 1.69. The van der Waals surface area contributed by atoms with E-state index in [1.165, 1.54) is 0 Å². The van der Waals surface area contributed by atoms with Crippen LogP contribution in [0.5, 0.6) is 0 Å². The minimum Gasteiger partial charge on any atom is -0.550 e. The molecule has 4 N–H and O–H groups in total. The van der Waals surface area contributed by atoms with Crippen LogP contribution in [0.4, 0.5) is 4.79 Å². The third kappa shape index (κ3) is 3770. The predicted octanol–water partition coefficient (Wildman–Crippen LogP) is -5.22. The molecule has 0 aliphatic heterocycles. The smallest absolute Gasteiger partial charge is 0.550 e. The number of aliphatic carboxylic acids is 1. The zero-order valence-corrected chi connectivity index (χ0v) is 7.38. The molecule has 0 saturated carbocycles. The van der Waals surface area contributed by atoms with Crippen molar-refractivity contribution < 1.29 is 44.3 Å². The molecule has 48 valence electrons. The fraction of sp³-hybridized carbons (Fsp3) is 0.333. The minimum atomic E-state index is -1.08. The molecule has 2 amide bonds. The Morgan fingerprint density at radius 1 is 1.33 bits per heavy atom. The van der Waals surface area contributed by atoms with Crippen molar-refractivity contribution in [1.29, 1.82) is 0 Å².